The second-order valence-corrected chi connectivity index (χ2v) is 4.82. The Morgan fingerprint density at radius 3 is 2.75 bits per heavy atom. The minimum atomic E-state index is -0.712. The first-order valence-corrected chi connectivity index (χ1v) is 6.27. The zero-order valence-corrected chi connectivity index (χ0v) is 11.3. The van der Waals surface area contributed by atoms with Gasteiger partial charge in [0.15, 0.2) is 0 Å². The molecule has 6 heteroatoms. The molecule has 1 aromatic rings. The summed E-state index contributed by atoms with van der Waals surface area (Å²) in [6.45, 7) is 1.56. The summed E-state index contributed by atoms with van der Waals surface area (Å²) in [7, 11) is 1.39. The zero-order valence-electron chi connectivity index (χ0n) is 11.3. The van der Waals surface area contributed by atoms with Gasteiger partial charge in [-0.05, 0) is 37.1 Å². The van der Waals surface area contributed by atoms with Crippen molar-refractivity contribution in [2.75, 3.05) is 7.05 Å². The molecule has 0 aromatic heterocycles. The van der Waals surface area contributed by atoms with E-state index in [1.807, 2.05) is 0 Å². The van der Waals surface area contributed by atoms with Crippen LogP contribution in [-0.2, 0) is 9.59 Å². The predicted molar refractivity (Wildman–Crippen MR) is 69.4 cm³/mol. The Hall–Kier alpha value is -2.24. The molecule has 1 aromatic carbocycles. The fourth-order valence-electron chi connectivity index (χ4n) is 2.08. The number of amides is 3. The molecule has 0 radical (unpaired) electrons. The van der Waals surface area contributed by atoms with Crippen LogP contribution in [0.5, 0.6) is 0 Å². The third kappa shape index (κ3) is 2.68. The Labute approximate surface area is 115 Å². The third-order valence-corrected chi connectivity index (χ3v) is 3.38. The van der Waals surface area contributed by atoms with Crippen molar-refractivity contribution in [1.29, 1.82) is 0 Å². The highest BCUT2D eigenvalue weighted by molar-refractivity contribution is 6.03. The van der Waals surface area contributed by atoms with Crippen LogP contribution in [0.2, 0.25) is 0 Å². The zero-order chi connectivity index (χ0) is 14.9. The number of likely N-dealkylation sites (N-methyl/N-ethyl adjacent to an activating group) is 1. The molecule has 1 unspecified atom stereocenters. The number of hydrogen-bond acceptors (Lipinski definition) is 3. The molecule has 2 rings (SSSR count). The Balaban J connectivity index is 2.09. The topological polar surface area (TPSA) is 66.5 Å². The summed E-state index contributed by atoms with van der Waals surface area (Å²) in [5, 5.41) is 2.58. The van der Waals surface area contributed by atoms with E-state index in [-0.39, 0.29) is 30.1 Å². The van der Waals surface area contributed by atoms with E-state index in [1.165, 1.54) is 25.2 Å². The van der Waals surface area contributed by atoms with Crippen LogP contribution in [0.3, 0.4) is 0 Å². The number of aryl methyl sites for hydroxylation is 1. The Bertz CT molecular complexity index is 586. The van der Waals surface area contributed by atoms with Crippen LogP contribution in [0.25, 0.3) is 0 Å². The highest BCUT2D eigenvalue weighted by Gasteiger charge is 2.32. The van der Waals surface area contributed by atoms with Crippen LogP contribution in [0.15, 0.2) is 18.2 Å². The first-order chi connectivity index (χ1) is 9.40. The summed E-state index contributed by atoms with van der Waals surface area (Å²) < 4.78 is 13.1. The van der Waals surface area contributed by atoms with E-state index in [4.69, 9.17) is 0 Å². The maximum Gasteiger partial charge on any atom is 0.251 e. The number of likely N-dealkylation sites (tertiary alicyclic amines) is 1. The number of benzene rings is 1. The molecule has 5 nitrogen and oxygen atoms in total. The van der Waals surface area contributed by atoms with Gasteiger partial charge in [-0.2, -0.15) is 0 Å². The van der Waals surface area contributed by atoms with Gasteiger partial charge in [0, 0.05) is 19.0 Å². The quantitative estimate of drug-likeness (QED) is 0.821. The van der Waals surface area contributed by atoms with E-state index in [0.29, 0.717) is 5.56 Å². The van der Waals surface area contributed by atoms with Gasteiger partial charge in [-0.3, -0.25) is 19.3 Å². The van der Waals surface area contributed by atoms with Crippen LogP contribution in [0.4, 0.5) is 4.39 Å². The molecule has 0 spiro atoms. The van der Waals surface area contributed by atoms with Crippen molar-refractivity contribution in [2.24, 2.45) is 0 Å². The predicted octanol–water partition coefficient (Wildman–Crippen LogP) is 1.01. The van der Waals surface area contributed by atoms with Crippen LogP contribution in [0.1, 0.15) is 28.8 Å². The number of imide groups is 1. The first-order valence-electron chi connectivity index (χ1n) is 6.27. The Kier molecular flexibility index (Phi) is 3.83. The fourth-order valence-corrected chi connectivity index (χ4v) is 2.08. The maximum absolute atomic E-state index is 13.1. The van der Waals surface area contributed by atoms with Gasteiger partial charge in [0.25, 0.3) is 11.8 Å². The molecule has 1 aliphatic heterocycles. The lowest BCUT2D eigenvalue weighted by Gasteiger charge is -2.28. The fraction of sp³-hybridized carbons (Fsp3) is 0.357. The molecule has 106 valence electrons. The lowest BCUT2D eigenvalue weighted by Crippen LogP contribution is -2.52. The van der Waals surface area contributed by atoms with Crippen molar-refractivity contribution < 1.29 is 18.8 Å². The van der Waals surface area contributed by atoms with E-state index in [9.17, 15) is 18.8 Å². The molecule has 1 saturated heterocycles. The molecule has 0 saturated carbocycles. The number of hydrogen-bond donors (Lipinski definition) is 1. The van der Waals surface area contributed by atoms with Crippen molar-refractivity contribution >= 4 is 17.7 Å². The van der Waals surface area contributed by atoms with Crippen molar-refractivity contribution in [1.82, 2.24) is 10.2 Å². The van der Waals surface area contributed by atoms with Gasteiger partial charge in [-0.1, -0.05) is 0 Å². The van der Waals surface area contributed by atoms with Gasteiger partial charge < -0.3 is 5.32 Å². The first kappa shape index (κ1) is 14.2. The molecular weight excluding hydrogens is 263 g/mol. The SMILES string of the molecule is Cc1cc(C(=O)NC2CCC(=O)N(C)C2=O)ccc1F. The van der Waals surface area contributed by atoms with E-state index in [1.54, 1.807) is 6.92 Å². The molecule has 1 N–H and O–H groups in total. The lowest BCUT2D eigenvalue weighted by molar-refractivity contribution is -0.147. The molecule has 20 heavy (non-hydrogen) atoms. The Morgan fingerprint density at radius 2 is 2.10 bits per heavy atom. The van der Waals surface area contributed by atoms with E-state index >= 15 is 0 Å². The standard InChI is InChI=1S/C14H15FN2O3/c1-8-7-9(3-4-10(8)15)13(19)16-11-5-6-12(18)17(2)14(11)20/h3-4,7,11H,5-6H2,1-2H3,(H,16,19). The molecule has 1 aliphatic rings. The van der Waals surface area contributed by atoms with Crippen molar-refractivity contribution in [3.8, 4) is 0 Å². The average Bonchev–Trinajstić information content (AvgIpc) is 2.42. The second-order valence-electron chi connectivity index (χ2n) is 4.82. The third-order valence-electron chi connectivity index (χ3n) is 3.38. The van der Waals surface area contributed by atoms with E-state index < -0.39 is 17.9 Å². The lowest BCUT2D eigenvalue weighted by atomic mass is 10.0. The normalized spacial score (nSPS) is 19.1. The van der Waals surface area contributed by atoms with Crippen molar-refractivity contribution in [2.45, 2.75) is 25.8 Å². The molecule has 1 heterocycles. The average molecular weight is 278 g/mol. The van der Waals surface area contributed by atoms with E-state index in [2.05, 4.69) is 5.32 Å². The Morgan fingerprint density at radius 1 is 1.40 bits per heavy atom. The number of nitrogens with one attached hydrogen (secondary N) is 1. The smallest absolute Gasteiger partial charge is 0.251 e. The second kappa shape index (κ2) is 5.40. The largest absolute Gasteiger partial charge is 0.340 e. The summed E-state index contributed by atoms with van der Waals surface area (Å²) in [5.41, 5.74) is 0.649. The van der Waals surface area contributed by atoms with Gasteiger partial charge in [0.1, 0.15) is 11.9 Å². The van der Waals surface area contributed by atoms with Crippen molar-refractivity contribution in [3.05, 3.63) is 35.1 Å². The molecule has 1 fully saturated rings. The van der Waals surface area contributed by atoms with Crippen LogP contribution >= 0.6 is 0 Å². The van der Waals surface area contributed by atoms with Gasteiger partial charge in [-0.25, -0.2) is 4.39 Å². The monoisotopic (exact) mass is 278 g/mol. The summed E-state index contributed by atoms with van der Waals surface area (Å²) in [5.74, 6) is -1.51. The molecular formula is C14H15FN2O3. The molecule has 1 atom stereocenters. The number of carbonyl (C=O) groups is 3. The molecule has 0 aliphatic carbocycles. The molecule has 0 bridgehead atoms. The van der Waals surface area contributed by atoms with Crippen LogP contribution in [0, 0.1) is 12.7 Å². The minimum Gasteiger partial charge on any atom is -0.340 e. The number of carbonyl (C=O) groups excluding carboxylic acids is 3. The number of halogens is 1. The molecule has 3 amide bonds. The van der Waals surface area contributed by atoms with Gasteiger partial charge in [-0.15, -0.1) is 0 Å². The minimum absolute atomic E-state index is 0.218. The highest BCUT2D eigenvalue weighted by Crippen LogP contribution is 2.13. The number of nitrogens with zero attached hydrogens (tertiary/aromatic N) is 1. The summed E-state index contributed by atoms with van der Waals surface area (Å²) >= 11 is 0. The van der Waals surface area contributed by atoms with Crippen molar-refractivity contribution in [3.63, 3.8) is 0 Å². The maximum atomic E-state index is 13.1. The van der Waals surface area contributed by atoms with E-state index in [0.717, 1.165) is 4.90 Å². The van der Waals surface area contributed by atoms with Gasteiger partial charge >= 0.3 is 0 Å². The summed E-state index contributed by atoms with van der Waals surface area (Å²) in [4.78, 5) is 36.2. The number of piperidine rings is 1. The van der Waals surface area contributed by atoms with Crippen LogP contribution < -0.4 is 5.32 Å². The van der Waals surface area contributed by atoms with Gasteiger partial charge in [0.05, 0.1) is 0 Å². The van der Waals surface area contributed by atoms with Crippen LogP contribution in [-0.4, -0.2) is 35.7 Å². The summed E-state index contributed by atoms with van der Waals surface area (Å²) in [6, 6.07) is 3.28. The van der Waals surface area contributed by atoms with Gasteiger partial charge in [0.2, 0.25) is 5.91 Å². The summed E-state index contributed by atoms with van der Waals surface area (Å²) in [6.07, 6.45) is 0.504. The number of rotatable bonds is 2. The highest BCUT2D eigenvalue weighted by atomic mass is 19.1.